The van der Waals surface area contributed by atoms with Crippen LogP contribution < -0.4 is 9.47 Å². The molecule has 2 aliphatic rings. The second-order valence-electron chi connectivity index (χ2n) is 7.28. The number of hydrazone groups is 1. The number of methoxy groups -OCH3 is 1. The quantitative estimate of drug-likeness (QED) is 0.647. The van der Waals surface area contributed by atoms with E-state index in [4.69, 9.17) is 14.9 Å². The fraction of sp³-hybridized carbons (Fsp3) is 0.182. The number of aryl methyl sites for hydroxylation is 1. The number of amidine groups is 2. The van der Waals surface area contributed by atoms with E-state index in [9.17, 15) is 13.2 Å². The summed E-state index contributed by atoms with van der Waals surface area (Å²) in [5.41, 5.74) is 2.74. The normalized spacial score (nSPS) is 17.1. The van der Waals surface area contributed by atoms with Crippen LogP contribution in [-0.2, 0) is 21.2 Å². The molecule has 1 N–H and O–H groups in total. The average molecular weight is 485 g/mol. The van der Waals surface area contributed by atoms with Crippen LogP contribution in [0.15, 0.2) is 58.1 Å². The van der Waals surface area contributed by atoms with Gasteiger partial charge in [0.15, 0.2) is 17.3 Å². The van der Waals surface area contributed by atoms with E-state index in [1.165, 1.54) is 13.2 Å². The number of fused-ring (bicyclic) bond motifs is 1. The Labute approximate surface area is 195 Å². The van der Waals surface area contributed by atoms with Crippen LogP contribution >= 0.6 is 11.8 Å². The molecule has 2 heterocycles. The summed E-state index contributed by atoms with van der Waals surface area (Å²) in [6.45, 7) is 2.38. The maximum atomic E-state index is 12.5. The van der Waals surface area contributed by atoms with Crippen LogP contribution in [0.4, 0.5) is 0 Å². The molecule has 2 aromatic carbocycles. The number of nitrogens with one attached hydrogen (secondary N) is 1. The third kappa shape index (κ3) is 4.69. The summed E-state index contributed by atoms with van der Waals surface area (Å²) in [5, 5.41) is 13.4. The Balaban J connectivity index is 1.59. The first-order valence-corrected chi connectivity index (χ1v) is 12.4. The molecule has 0 spiro atoms. The molecule has 2 aromatic rings. The third-order valence-electron chi connectivity index (χ3n) is 4.90. The Bertz CT molecular complexity index is 1360. The first-order valence-electron chi connectivity index (χ1n) is 9.73. The van der Waals surface area contributed by atoms with E-state index in [2.05, 4.69) is 10.1 Å². The first kappa shape index (κ1) is 22.7. The van der Waals surface area contributed by atoms with E-state index in [1.54, 1.807) is 18.2 Å². The Morgan fingerprint density at radius 3 is 2.64 bits per heavy atom. The number of rotatable bonds is 5. The number of hydrogen-bond donors (Lipinski definition) is 1. The summed E-state index contributed by atoms with van der Waals surface area (Å²) in [4.78, 5) is 16.4. The molecule has 4 rings (SSSR count). The average Bonchev–Trinajstić information content (AvgIpc) is 3.21. The van der Waals surface area contributed by atoms with Crippen molar-refractivity contribution in [3.8, 4) is 11.5 Å². The third-order valence-corrected chi connectivity index (χ3v) is 7.47. The van der Waals surface area contributed by atoms with Crippen LogP contribution in [0.2, 0.25) is 0 Å². The lowest BCUT2D eigenvalue weighted by Gasteiger charge is -2.20. The van der Waals surface area contributed by atoms with Gasteiger partial charge in [-0.2, -0.15) is 10.0 Å². The van der Waals surface area contributed by atoms with Crippen molar-refractivity contribution in [3.63, 3.8) is 0 Å². The Kier molecular flexibility index (Phi) is 6.09. The molecule has 0 unspecified atom stereocenters. The number of aliphatic imine (C=N–C) groups is 1. The summed E-state index contributed by atoms with van der Waals surface area (Å²) < 4.78 is 34.7. The van der Waals surface area contributed by atoms with Crippen LogP contribution in [0.3, 0.4) is 0 Å². The standard InChI is InChI=1S/C22H20N4O5S2/c1-13-6-4-5-7-15(13)12-31-17-9-8-14(11-18(17)30-2)10-16-19(23)26-21(24-20(16)27)32-22(25-26)33(3,28)29/h4-11,23H,12H2,1-3H3/b16-10+,23-19?. The molecule has 170 valence electrons. The molecule has 33 heavy (non-hydrogen) atoms. The molecule has 1 amide bonds. The number of benzene rings is 2. The predicted molar refractivity (Wildman–Crippen MR) is 128 cm³/mol. The molecular weight excluding hydrogens is 464 g/mol. The van der Waals surface area contributed by atoms with Gasteiger partial charge in [0.25, 0.3) is 5.91 Å². The maximum absolute atomic E-state index is 12.5. The van der Waals surface area contributed by atoms with Gasteiger partial charge in [0.2, 0.25) is 19.4 Å². The van der Waals surface area contributed by atoms with Crippen LogP contribution in [0, 0.1) is 12.3 Å². The molecule has 0 fully saturated rings. The summed E-state index contributed by atoms with van der Waals surface area (Å²) >= 11 is 0.742. The van der Waals surface area contributed by atoms with Gasteiger partial charge in [0.1, 0.15) is 6.61 Å². The number of sulfone groups is 1. The van der Waals surface area contributed by atoms with Crippen LogP contribution in [0.25, 0.3) is 6.08 Å². The largest absolute Gasteiger partial charge is 0.493 e. The molecule has 0 atom stereocenters. The smallest absolute Gasteiger partial charge is 0.283 e. The van der Waals surface area contributed by atoms with Gasteiger partial charge in [-0.1, -0.05) is 30.3 Å². The van der Waals surface area contributed by atoms with Gasteiger partial charge in [-0.05, 0) is 53.6 Å². The lowest BCUT2D eigenvalue weighted by molar-refractivity contribution is -0.114. The highest BCUT2D eigenvalue weighted by molar-refractivity contribution is 8.42. The fourth-order valence-electron chi connectivity index (χ4n) is 3.11. The minimum Gasteiger partial charge on any atom is -0.493 e. The van der Waals surface area contributed by atoms with Crippen LogP contribution in [-0.4, -0.2) is 48.1 Å². The fourth-order valence-corrected chi connectivity index (χ4v) is 4.80. The predicted octanol–water partition coefficient (Wildman–Crippen LogP) is 3.20. The van der Waals surface area contributed by atoms with E-state index < -0.39 is 15.7 Å². The van der Waals surface area contributed by atoms with E-state index in [1.807, 2.05) is 31.2 Å². The number of carbonyl (C=O) groups is 1. The van der Waals surface area contributed by atoms with Crippen LogP contribution in [0.5, 0.6) is 11.5 Å². The Hall–Kier alpha value is -3.44. The number of carbonyl (C=O) groups excluding carboxylic acids is 1. The van der Waals surface area contributed by atoms with Crippen LogP contribution in [0.1, 0.15) is 16.7 Å². The van der Waals surface area contributed by atoms with Crippen molar-refractivity contribution in [2.24, 2.45) is 10.1 Å². The maximum Gasteiger partial charge on any atom is 0.283 e. The van der Waals surface area contributed by atoms with E-state index in [-0.39, 0.29) is 21.0 Å². The van der Waals surface area contributed by atoms with Gasteiger partial charge in [0, 0.05) is 6.26 Å². The van der Waals surface area contributed by atoms with Gasteiger partial charge in [-0.25, -0.2) is 8.42 Å². The molecule has 9 nitrogen and oxygen atoms in total. The lowest BCUT2D eigenvalue weighted by atomic mass is 10.1. The van der Waals surface area contributed by atoms with E-state index in [0.717, 1.165) is 34.2 Å². The van der Waals surface area contributed by atoms with Crippen molar-refractivity contribution in [3.05, 3.63) is 64.7 Å². The van der Waals surface area contributed by atoms with Gasteiger partial charge in [-0.3, -0.25) is 10.2 Å². The highest BCUT2D eigenvalue weighted by Crippen LogP contribution is 2.32. The molecule has 0 aliphatic carbocycles. The number of ether oxygens (including phenoxy) is 2. The van der Waals surface area contributed by atoms with E-state index >= 15 is 0 Å². The number of thioether (sulfide) groups is 1. The van der Waals surface area contributed by atoms with Crippen molar-refractivity contribution in [2.45, 2.75) is 13.5 Å². The highest BCUT2D eigenvalue weighted by atomic mass is 32.3. The van der Waals surface area contributed by atoms with Gasteiger partial charge < -0.3 is 9.47 Å². The molecule has 0 radical (unpaired) electrons. The molecule has 0 aromatic heterocycles. The molecule has 2 aliphatic heterocycles. The first-order chi connectivity index (χ1) is 15.7. The zero-order valence-corrected chi connectivity index (χ0v) is 19.7. The molecule has 11 heteroatoms. The van der Waals surface area contributed by atoms with Gasteiger partial charge in [0.05, 0.1) is 12.7 Å². The number of amides is 1. The minimum atomic E-state index is -3.59. The zero-order valence-electron chi connectivity index (χ0n) is 18.0. The second kappa shape index (κ2) is 8.83. The van der Waals surface area contributed by atoms with Gasteiger partial charge in [-0.15, -0.1) is 5.10 Å². The van der Waals surface area contributed by atoms with E-state index in [0.29, 0.717) is 23.7 Å². The highest BCUT2D eigenvalue weighted by Gasteiger charge is 2.38. The number of nitrogens with zero attached hydrogens (tertiary/aromatic N) is 3. The van der Waals surface area contributed by atoms with Crippen molar-refractivity contribution < 1.29 is 22.7 Å². The van der Waals surface area contributed by atoms with Gasteiger partial charge >= 0.3 is 0 Å². The van der Waals surface area contributed by atoms with Crippen molar-refractivity contribution in [2.75, 3.05) is 13.4 Å². The minimum absolute atomic E-state index is 0.0199. The Morgan fingerprint density at radius 2 is 1.94 bits per heavy atom. The summed E-state index contributed by atoms with van der Waals surface area (Å²) in [6.07, 6.45) is 2.49. The van der Waals surface area contributed by atoms with Crippen molar-refractivity contribution in [1.29, 1.82) is 5.41 Å². The zero-order chi connectivity index (χ0) is 23.8. The topological polar surface area (TPSA) is 121 Å². The Morgan fingerprint density at radius 1 is 1.18 bits per heavy atom. The molecule has 0 saturated carbocycles. The monoisotopic (exact) mass is 484 g/mol. The molecule has 0 bridgehead atoms. The molecular formula is C22H20N4O5S2. The summed E-state index contributed by atoms with van der Waals surface area (Å²) in [7, 11) is -2.07. The van der Waals surface area contributed by atoms with Crippen molar-refractivity contribution in [1.82, 2.24) is 5.01 Å². The lowest BCUT2D eigenvalue weighted by Crippen LogP contribution is -2.35. The SMILES string of the molecule is COc1cc(/C=C2\C(=N)N3N=C(S(C)(=O)=O)SC3=NC2=O)ccc1OCc1ccccc1C. The van der Waals surface area contributed by atoms with Crippen molar-refractivity contribution >= 4 is 49.0 Å². The number of hydrogen-bond acceptors (Lipinski definition) is 8. The summed E-state index contributed by atoms with van der Waals surface area (Å²) in [5.74, 6) is 0.0927. The summed E-state index contributed by atoms with van der Waals surface area (Å²) in [6, 6.07) is 13.1. The second-order valence-corrected chi connectivity index (χ2v) is 10.4. The molecule has 0 saturated heterocycles.